The molecule has 0 fully saturated rings. The van der Waals surface area contributed by atoms with Crippen LogP contribution in [0.3, 0.4) is 0 Å². The minimum absolute atomic E-state index is 0.229. The number of nitrogens with zero attached hydrogens (tertiary/aromatic N) is 2. The summed E-state index contributed by atoms with van der Waals surface area (Å²) in [6.45, 7) is 3.68. The van der Waals surface area contributed by atoms with Crippen molar-refractivity contribution in [3.8, 4) is 0 Å². The molecule has 6 nitrogen and oxygen atoms in total. The third-order valence-electron chi connectivity index (χ3n) is 2.53. The molecular weight excluding hydrogens is 242 g/mol. The van der Waals surface area contributed by atoms with Crippen LogP contribution in [0.1, 0.15) is 21.7 Å². The molecule has 98 valence electrons. The first-order chi connectivity index (χ1) is 9.08. The van der Waals surface area contributed by atoms with Crippen LogP contribution in [-0.4, -0.2) is 15.9 Å². The maximum absolute atomic E-state index is 12.1. The number of hydrogen-bond donors (Lipinski definition) is 3. The van der Waals surface area contributed by atoms with Crippen LogP contribution in [0.4, 0.5) is 11.5 Å². The summed E-state index contributed by atoms with van der Waals surface area (Å²) in [6, 6.07) is 6.92. The van der Waals surface area contributed by atoms with Gasteiger partial charge in [-0.15, -0.1) is 0 Å². The van der Waals surface area contributed by atoms with Gasteiger partial charge in [0.25, 0.3) is 5.91 Å². The van der Waals surface area contributed by atoms with E-state index in [1.54, 1.807) is 31.3 Å². The van der Waals surface area contributed by atoms with E-state index in [2.05, 4.69) is 20.7 Å². The molecule has 0 atom stereocenters. The highest BCUT2D eigenvalue weighted by atomic mass is 16.1. The van der Waals surface area contributed by atoms with Crippen molar-refractivity contribution < 1.29 is 4.79 Å². The fourth-order valence-electron chi connectivity index (χ4n) is 1.62. The molecule has 0 radical (unpaired) electrons. The number of hydrogen-bond acceptors (Lipinski definition) is 5. The fraction of sp³-hybridized carbons (Fsp3) is 0.154. The number of anilines is 2. The van der Waals surface area contributed by atoms with E-state index < -0.39 is 0 Å². The Kier molecular flexibility index (Phi) is 3.72. The SMILES string of the molecule is Cc1ccc(NC(=O)c2cc(C)nc(NN)c2)cn1. The lowest BCUT2D eigenvalue weighted by molar-refractivity contribution is 0.102. The Morgan fingerprint density at radius 1 is 1.21 bits per heavy atom. The molecule has 0 saturated carbocycles. The van der Waals surface area contributed by atoms with E-state index >= 15 is 0 Å². The summed E-state index contributed by atoms with van der Waals surface area (Å²) in [4.78, 5) is 20.3. The number of nitrogen functional groups attached to an aromatic ring is 1. The number of pyridine rings is 2. The molecular formula is C13H15N5O. The molecule has 0 saturated heterocycles. The number of carbonyl (C=O) groups is 1. The lowest BCUT2D eigenvalue weighted by Crippen LogP contribution is -2.15. The van der Waals surface area contributed by atoms with Crippen LogP contribution in [0.15, 0.2) is 30.5 Å². The number of aromatic nitrogens is 2. The highest BCUT2D eigenvalue weighted by Crippen LogP contribution is 2.12. The third kappa shape index (κ3) is 3.26. The quantitative estimate of drug-likeness (QED) is 0.574. The predicted molar refractivity (Wildman–Crippen MR) is 73.7 cm³/mol. The molecule has 2 rings (SSSR count). The van der Waals surface area contributed by atoms with Crippen molar-refractivity contribution in [1.82, 2.24) is 9.97 Å². The van der Waals surface area contributed by atoms with Gasteiger partial charge in [-0.3, -0.25) is 9.78 Å². The van der Waals surface area contributed by atoms with Crippen LogP contribution in [0.25, 0.3) is 0 Å². The monoisotopic (exact) mass is 257 g/mol. The molecule has 0 spiro atoms. The van der Waals surface area contributed by atoms with E-state index in [9.17, 15) is 4.79 Å². The van der Waals surface area contributed by atoms with Gasteiger partial charge in [-0.25, -0.2) is 10.8 Å². The first-order valence-electron chi connectivity index (χ1n) is 5.78. The van der Waals surface area contributed by atoms with Gasteiger partial charge in [0.2, 0.25) is 0 Å². The Labute approximate surface area is 111 Å². The Morgan fingerprint density at radius 2 is 2.00 bits per heavy atom. The van der Waals surface area contributed by atoms with Crippen molar-refractivity contribution in [3.05, 3.63) is 47.4 Å². The van der Waals surface area contributed by atoms with Crippen molar-refractivity contribution in [2.24, 2.45) is 5.84 Å². The van der Waals surface area contributed by atoms with Crippen molar-refractivity contribution in [2.75, 3.05) is 10.7 Å². The zero-order valence-corrected chi connectivity index (χ0v) is 10.8. The minimum Gasteiger partial charge on any atom is -0.321 e. The summed E-state index contributed by atoms with van der Waals surface area (Å²) in [7, 11) is 0. The van der Waals surface area contributed by atoms with Crippen LogP contribution >= 0.6 is 0 Å². The van der Waals surface area contributed by atoms with E-state index in [-0.39, 0.29) is 5.91 Å². The van der Waals surface area contributed by atoms with Crippen molar-refractivity contribution in [3.63, 3.8) is 0 Å². The predicted octanol–water partition coefficient (Wildman–Crippen LogP) is 1.63. The summed E-state index contributed by atoms with van der Waals surface area (Å²) in [5.41, 5.74) is 5.17. The first kappa shape index (κ1) is 13.0. The molecule has 0 aliphatic heterocycles. The topological polar surface area (TPSA) is 92.9 Å². The van der Waals surface area contributed by atoms with Gasteiger partial charge in [0.05, 0.1) is 11.9 Å². The maximum Gasteiger partial charge on any atom is 0.255 e. The molecule has 0 bridgehead atoms. The average molecular weight is 257 g/mol. The number of aryl methyl sites for hydroxylation is 2. The molecule has 0 unspecified atom stereocenters. The van der Waals surface area contributed by atoms with Gasteiger partial charge in [0.15, 0.2) is 0 Å². The molecule has 19 heavy (non-hydrogen) atoms. The fourth-order valence-corrected chi connectivity index (χ4v) is 1.62. The van der Waals surface area contributed by atoms with E-state index in [0.29, 0.717) is 22.8 Å². The van der Waals surface area contributed by atoms with Gasteiger partial charge >= 0.3 is 0 Å². The molecule has 6 heteroatoms. The lowest BCUT2D eigenvalue weighted by atomic mass is 10.2. The summed E-state index contributed by atoms with van der Waals surface area (Å²) in [5.74, 6) is 5.52. The van der Waals surface area contributed by atoms with Crippen LogP contribution in [0, 0.1) is 13.8 Å². The molecule has 2 aromatic rings. The number of nitrogens with one attached hydrogen (secondary N) is 2. The average Bonchev–Trinajstić information content (AvgIpc) is 2.40. The number of rotatable bonds is 3. The van der Waals surface area contributed by atoms with E-state index in [0.717, 1.165) is 5.69 Å². The van der Waals surface area contributed by atoms with Gasteiger partial charge in [0, 0.05) is 17.0 Å². The van der Waals surface area contributed by atoms with Crippen molar-refractivity contribution >= 4 is 17.4 Å². The van der Waals surface area contributed by atoms with Crippen LogP contribution in [-0.2, 0) is 0 Å². The van der Waals surface area contributed by atoms with Gasteiger partial charge < -0.3 is 10.7 Å². The second-order valence-corrected chi connectivity index (χ2v) is 4.17. The number of nitrogens with two attached hydrogens (primary N) is 1. The number of carbonyl (C=O) groups excluding carboxylic acids is 1. The third-order valence-corrected chi connectivity index (χ3v) is 2.53. The van der Waals surface area contributed by atoms with Crippen LogP contribution in [0.5, 0.6) is 0 Å². The first-order valence-corrected chi connectivity index (χ1v) is 5.78. The van der Waals surface area contributed by atoms with Gasteiger partial charge in [-0.05, 0) is 38.1 Å². The summed E-state index contributed by atoms with van der Waals surface area (Å²) < 4.78 is 0. The molecule has 1 amide bonds. The van der Waals surface area contributed by atoms with E-state index in [4.69, 9.17) is 5.84 Å². The molecule has 2 heterocycles. The van der Waals surface area contributed by atoms with Gasteiger partial charge in [-0.2, -0.15) is 0 Å². The Morgan fingerprint density at radius 3 is 2.63 bits per heavy atom. The van der Waals surface area contributed by atoms with Gasteiger partial charge in [0.1, 0.15) is 5.82 Å². The van der Waals surface area contributed by atoms with E-state index in [1.807, 2.05) is 13.0 Å². The standard InChI is InChI=1S/C13H15N5O/c1-8-3-4-11(7-15-8)17-13(19)10-5-9(2)16-12(6-10)18-14/h3-7H,14H2,1-2H3,(H,16,18)(H,17,19). The molecule has 4 N–H and O–H groups in total. The summed E-state index contributed by atoms with van der Waals surface area (Å²) in [6.07, 6.45) is 1.61. The molecule has 0 aliphatic rings. The highest BCUT2D eigenvalue weighted by molar-refractivity contribution is 6.04. The Bertz CT molecular complexity index is 594. The van der Waals surface area contributed by atoms with E-state index in [1.165, 1.54) is 0 Å². The smallest absolute Gasteiger partial charge is 0.255 e. The zero-order chi connectivity index (χ0) is 13.8. The van der Waals surface area contributed by atoms with Crippen LogP contribution < -0.4 is 16.6 Å². The molecule has 0 aromatic carbocycles. The maximum atomic E-state index is 12.1. The second-order valence-electron chi connectivity index (χ2n) is 4.17. The highest BCUT2D eigenvalue weighted by Gasteiger charge is 2.08. The normalized spacial score (nSPS) is 10.1. The minimum atomic E-state index is -0.229. The zero-order valence-electron chi connectivity index (χ0n) is 10.8. The summed E-state index contributed by atoms with van der Waals surface area (Å²) in [5, 5.41) is 2.77. The molecule has 2 aromatic heterocycles. The van der Waals surface area contributed by atoms with Crippen molar-refractivity contribution in [2.45, 2.75) is 13.8 Å². The summed E-state index contributed by atoms with van der Waals surface area (Å²) >= 11 is 0. The number of amides is 1. The Hall–Kier alpha value is -2.47. The number of hydrazine groups is 1. The van der Waals surface area contributed by atoms with Crippen LogP contribution in [0.2, 0.25) is 0 Å². The molecule has 0 aliphatic carbocycles. The van der Waals surface area contributed by atoms with Crippen molar-refractivity contribution in [1.29, 1.82) is 0 Å². The largest absolute Gasteiger partial charge is 0.321 e. The second kappa shape index (κ2) is 5.45. The van der Waals surface area contributed by atoms with Gasteiger partial charge in [-0.1, -0.05) is 0 Å². The lowest BCUT2D eigenvalue weighted by Gasteiger charge is -2.07. The Balaban J connectivity index is 2.20.